The summed E-state index contributed by atoms with van der Waals surface area (Å²) < 4.78 is 18.6. The molecule has 0 N–H and O–H groups in total. The van der Waals surface area contributed by atoms with Gasteiger partial charge in [-0.2, -0.15) is 0 Å². The summed E-state index contributed by atoms with van der Waals surface area (Å²) in [6.07, 6.45) is 1.81. The van der Waals surface area contributed by atoms with Gasteiger partial charge in [0.15, 0.2) is 0 Å². The Morgan fingerprint density at radius 2 is 0.824 bits per heavy atom. The molecule has 11 rings (SSSR count). The molecule has 0 aliphatic carbocycles. The minimum atomic E-state index is -0.280. The number of aromatic nitrogens is 4. The van der Waals surface area contributed by atoms with Gasteiger partial charge in [-0.1, -0.05) is 84.9 Å². The van der Waals surface area contributed by atoms with E-state index in [-0.39, 0.29) is 5.82 Å². The minimum absolute atomic E-state index is 0.280. The van der Waals surface area contributed by atoms with E-state index in [1.165, 1.54) is 33.7 Å². The Morgan fingerprint density at radius 3 is 1.29 bits per heavy atom. The molecule has 51 heavy (non-hydrogen) atoms. The molecule has 11 aromatic rings. The van der Waals surface area contributed by atoms with Crippen LogP contribution in [0.15, 0.2) is 164 Å². The van der Waals surface area contributed by atoms with Gasteiger partial charge in [-0.05, 0) is 83.6 Å². The largest absolute Gasteiger partial charge is 0.309 e. The van der Waals surface area contributed by atoms with E-state index in [2.05, 4.69) is 143 Å². The third-order valence-corrected chi connectivity index (χ3v) is 10.4. The molecule has 0 unspecified atom stereocenters. The van der Waals surface area contributed by atoms with Crippen molar-refractivity contribution in [3.63, 3.8) is 0 Å². The third-order valence-electron chi connectivity index (χ3n) is 10.4. The summed E-state index contributed by atoms with van der Waals surface area (Å²) in [5, 5.41) is 9.12. The number of fused-ring (bicyclic) bond motifs is 12. The molecule has 5 heteroatoms. The lowest BCUT2D eigenvalue weighted by Gasteiger charge is -2.15. The van der Waals surface area contributed by atoms with Gasteiger partial charge in [0.2, 0.25) is 0 Å². The van der Waals surface area contributed by atoms with Crippen LogP contribution in [0.3, 0.4) is 0 Å². The summed E-state index contributed by atoms with van der Waals surface area (Å²) in [4.78, 5) is 10.4. The topological polar surface area (TPSA) is 35.6 Å². The predicted octanol–water partition coefficient (Wildman–Crippen LogP) is 11.9. The molecule has 238 valence electrons. The van der Waals surface area contributed by atoms with Gasteiger partial charge in [-0.25, -0.2) is 9.37 Å². The van der Waals surface area contributed by atoms with Crippen LogP contribution >= 0.6 is 0 Å². The summed E-state index contributed by atoms with van der Waals surface area (Å²) in [6.45, 7) is 0. The minimum Gasteiger partial charge on any atom is -0.309 e. The summed E-state index contributed by atoms with van der Waals surface area (Å²) >= 11 is 0. The monoisotopic (exact) mass is 654 g/mol. The zero-order valence-corrected chi connectivity index (χ0v) is 27.3. The van der Waals surface area contributed by atoms with E-state index < -0.39 is 0 Å². The highest BCUT2D eigenvalue weighted by molar-refractivity contribution is 6.24. The molecule has 0 saturated heterocycles. The van der Waals surface area contributed by atoms with Crippen molar-refractivity contribution in [2.75, 3.05) is 0 Å². The van der Waals surface area contributed by atoms with Crippen LogP contribution in [0, 0.1) is 5.82 Å². The third kappa shape index (κ3) is 4.06. The van der Waals surface area contributed by atoms with Gasteiger partial charge in [-0.3, -0.25) is 4.98 Å². The van der Waals surface area contributed by atoms with Crippen molar-refractivity contribution in [1.29, 1.82) is 0 Å². The normalized spacial score (nSPS) is 12.0. The number of hydrogen-bond donors (Lipinski definition) is 0. The zero-order chi connectivity index (χ0) is 33.6. The van der Waals surface area contributed by atoms with E-state index in [1.807, 2.05) is 6.20 Å². The van der Waals surface area contributed by atoms with Crippen LogP contribution < -0.4 is 0 Å². The van der Waals surface area contributed by atoms with Crippen molar-refractivity contribution >= 4 is 76.2 Å². The molecule has 0 radical (unpaired) electrons. The highest BCUT2D eigenvalue weighted by Crippen LogP contribution is 2.40. The molecule has 0 saturated carbocycles. The van der Waals surface area contributed by atoms with Crippen molar-refractivity contribution in [3.05, 3.63) is 170 Å². The number of para-hydroxylation sites is 4. The van der Waals surface area contributed by atoms with E-state index in [4.69, 9.17) is 9.97 Å². The van der Waals surface area contributed by atoms with E-state index in [0.29, 0.717) is 5.69 Å². The maximum absolute atomic E-state index is 13.9. The molecule has 0 atom stereocenters. The summed E-state index contributed by atoms with van der Waals surface area (Å²) in [5.41, 5.74) is 9.87. The predicted molar refractivity (Wildman–Crippen MR) is 209 cm³/mol. The molecule has 0 aliphatic rings. The average molecular weight is 655 g/mol. The fourth-order valence-electron chi connectivity index (χ4n) is 8.14. The van der Waals surface area contributed by atoms with E-state index >= 15 is 0 Å². The summed E-state index contributed by atoms with van der Waals surface area (Å²) in [7, 11) is 0. The number of halogens is 1. The van der Waals surface area contributed by atoms with Crippen molar-refractivity contribution < 1.29 is 4.39 Å². The van der Waals surface area contributed by atoms with Gasteiger partial charge in [0.1, 0.15) is 5.82 Å². The molecule has 8 aromatic carbocycles. The highest BCUT2D eigenvalue weighted by Gasteiger charge is 2.18. The van der Waals surface area contributed by atoms with Crippen LogP contribution in [-0.4, -0.2) is 19.1 Å². The second-order valence-electron chi connectivity index (χ2n) is 13.2. The number of hydrogen-bond acceptors (Lipinski definition) is 2. The molecule has 3 aromatic heterocycles. The lowest BCUT2D eigenvalue weighted by Crippen LogP contribution is -1.98. The van der Waals surface area contributed by atoms with E-state index in [9.17, 15) is 4.39 Å². The molecule has 0 bridgehead atoms. The van der Waals surface area contributed by atoms with Crippen molar-refractivity contribution in [2.45, 2.75) is 0 Å². The highest BCUT2D eigenvalue weighted by atomic mass is 19.1. The molecular weight excluding hydrogens is 628 g/mol. The smallest absolute Gasteiger partial charge is 0.123 e. The first kappa shape index (κ1) is 28.0. The molecule has 3 heterocycles. The summed E-state index contributed by atoms with van der Waals surface area (Å²) in [5.74, 6) is -0.280. The maximum atomic E-state index is 13.9. The van der Waals surface area contributed by atoms with Crippen molar-refractivity contribution in [2.24, 2.45) is 0 Å². The van der Waals surface area contributed by atoms with E-state index in [0.717, 1.165) is 71.6 Å². The van der Waals surface area contributed by atoms with Crippen LogP contribution in [-0.2, 0) is 0 Å². The van der Waals surface area contributed by atoms with Crippen LogP contribution in [0.2, 0.25) is 0 Å². The fourth-order valence-corrected chi connectivity index (χ4v) is 8.14. The number of benzene rings is 8. The van der Waals surface area contributed by atoms with E-state index in [1.54, 1.807) is 12.1 Å². The average Bonchev–Trinajstić information content (AvgIpc) is 3.71. The van der Waals surface area contributed by atoms with Crippen LogP contribution in [0.4, 0.5) is 4.39 Å². The standard InChI is InChI=1S/C46H27FN4/c47-29-19-17-28(18-20-29)40-27-48-45-38-25-30(50-41-13-5-1-9-34(41)35-10-2-6-14-42(35)50)21-23-32(38)33-24-22-31(26-39(33)46(45)49-40)51-43-15-7-3-11-36(43)37-12-4-8-16-44(37)51/h1-27H. The Hall–Kier alpha value is -6.85. The Bertz CT molecular complexity index is 3100. The van der Waals surface area contributed by atoms with Gasteiger partial charge in [0, 0.05) is 49.3 Å². The second kappa shape index (κ2) is 10.6. The Balaban J connectivity index is 1.23. The van der Waals surface area contributed by atoms with Gasteiger partial charge in [0.25, 0.3) is 0 Å². The number of rotatable bonds is 3. The Kier molecular flexibility index (Phi) is 5.81. The van der Waals surface area contributed by atoms with Crippen LogP contribution in [0.25, 0.3) is 98.8 Å². The number of nitrogens with zero attached hydrogens (tertiary/aromatic N) is 4. The van der Waals surface area contributed by atoms with Crippen molar-refractivity contribution in [1.82, 2.24) is 19.1 Å². The zero-order valence-electron chi connectivity index (χ0n) is 27.3. The Morgan fingerprint density at radius 1 is 0.392 bits per heavy atom. The molecule has 0 fully saturated rings. The lowest BCUT2D eigenvalue weighted by atomic mass is 9.98. The first-order chi connectivity index (χ1) is 25.2. The van der Waals surface area contributed by atoms with Crippen LogP contribution in [0.1, 0.15) is 0 Å². The molecule has 0 amide bonds. The molecular formula is C46H27FN4. The van der Waals surface area contributed by atoms with Crippen LogP contribution in [0.5, 0.6) is 0 Å². The molecule has 0 spiro atoms. The van der Waals surface area contributed by atoms with Gasteiger partial charge in [0.05, 0.1) is 45.0 Å². The lowest BCUT2D eigenvalue weighted by molar-refractivity contribution is 0.628. The SMILES string of the molecule is Fc1ccc(-c2cnc3c4cc(-n5c6ccccc6c6ccccc65)ccc4c4ccc(-n5c6ccccc6c6ccccc65)cc4c3n2)cc1. The Labute approximate surface area is 291 Å². The first-order valence-electron chi connectivity index (χ1n) is 17.1. The van der Waals surface area contributed by atoms with Gasteiger partial charge in [-0.15, -0.1) is 0 Å². The summed E-state index contributed by atoms with van der Waals surface area (Å²) in [6, 6.07) is 54.1. The molecule has 0 aliphatic heterocycles. The van der Waals surface area contributed by atoms with Gasteiger partial charge >= 0.3 is 0 Å². The fraction of sp³-hybridized carbons (Fsp3) is 0. The van der Waals surface area contributed by atoms with Crippen molar-refractivity contribution in [3.8, 4) is 22.6 Å². The first-order valence-corrected chi connectivity index (χ1v) is 17.1. The second-order valence-corrected chi connectivity index (χ2v) is 13.2. The maximum Gasteiger partial charge on any atom is 0.123 e. The quantitative estimate of drug-likeness (QED) is 0.178. The molecule has 4 nitrogen and oxygen atoms in total. The van der Waals surface area contributed by atoms with Gasteiger partial charge < -0.3 is 9.13 Å².